The van der Waals surface area contributed by atoms with E-state index in [2.05, 4.69) is 15.7 Å². The number of nitrogens with two attached hydrogens (primary N) is 1. The average Bonchev–Trinajstić information content (AvgIpc) is 3.23. The molecule has 4 rings (SSSR count). The summed E-state index contributed by atoms with van der Waals surface area (Å²) in [6.45, 7) is 1.98. The number of fused-ring (bicyclic) bond motifs is 1. The fraction of sp³-hybridized carbons (Fsp3) is 0.368. The predicted octanol–water partition coefficient (Wildman–Crippen LogP) is 3.64. The fourth-order valence-electron chi connectivity index (χ4n) is 3.44. The topological polar surface area (TPSA) is 84.5 Å². The molecule has 0 aliphatic heterocycles. The van der Waals surface area contributed by atoms with Crippen LogP contribution in [0.2, 0.25) is 0 Å². The predicted molar refractivity (Wildman–Crippen MR) is 106 cm³/mol. The van der Waals surface area contributed by atoms with Gasteiger partial charge in [-0.25, -0.2) is 4.52 Å². The highest BCUT2D eigenvalue weighted by atomic mass is 32.1. The van der Waals surface area contributed by atoms with Crippen LogP contribution in [0.3, 0.4) is 0 Å². The van der Waals surface area contributed by atoms with E-state index in [1.54, 1.807) is 21.9 Å². The number of amides is 1. The monoisotopic (exact) mass is 369 g/mol. The molecule has 0 saturated heterocycles. The Bertz CT molecular complexity index is 931. The van der Waals surface area contributed by atoms with Gasteiger partial charge in [0.05, 0.1) is 11.2 Å². The van der Waals surface area contributed by atoms with Gasteiger partial charge in [-0.1, -0.05) is 12.8 Å². The van der Waals surface area contributed by atoms with Gasteiger partial charge in [-0.15, -0.1) is 16.4 Å². The van der Waals surface area contributed by atoms with Crippen LogP contribution in [0.4, 0.5) is 11.5 Å². The minimum absolute atomic E-state index is 0.148. The highest BCUT2D eigenvalue weighted by molar-refractivity contribution is 7.08. The lowest BCUT2D eigenvalue weighted by Gasteiger charge is -2.29. The van der Waals surface area contributed by atoms with Crippen LogP contribution in [0.25, 0.3) is 5.52 Å². The van der Waals surface area contributed by atoms with Gasteiger partial charge in [0.25, 0.3) is 5.91 Å². The van der Waals surface area contributed by atoms with E-state index in [1.165, 1.54) is 12.8 Å². The van der Waals surface area contributed by atoms with Gasteiger partial charge in [0, 0.05) is 17.5 Å². The first kappa shape index (κ1) is 17.1. The van der Waals surface area contributed by atoms with Crippen LogP contribution < -0.4 is 16.4 Å². The Labute approximate surface area is 156 Å². The molecular formula is C19H23N5OS. The van der Waals surface area contributed by atoms with Gasteiger partial charge in [0.2, 0.25) is 0 Å². The number of carbonyl (C=O) groups excluding carboxylic acids is 1. The molecule has 1 fully saturated rings. The lowest BCUT2D eigenvalue weighted by atomic mass is 9.91. The second-order valence-corrected chi connectivity index (χ2v) is 7.64. The van der Waals surface area contributed by atoms with Crippen LogP contribution in [0, 0.1) is 6.92 Å². The second kappa shape index (κ2) is 7.09. The summed E-state index contributed by atoms with van der Waals surface area (Å²) >= 11 is 1.57. The molecule has 26 heavy (non-hydrogen) atoms. The van der Waals surface area contributed by atoms with Gasteiger partial charge >= 0.3 is 0 Å². The van der Waals surface area contributed by atoms with Crippen LogP contribution in [0.5, 0.6) is 0 Å². The summed E-state index contributed by atoms with van der Waals surface area (Å²) in [6, 6.07) is 8.00. The molecule has 136 valence electrons. The quantitative estimate of drug-likeness (QED) is 0.655. The molecule has 0 aromatic carbocycles. The first-order valence-electron chi connectivity index (χ1n) is 8.97. The molecule has 3 aromatic rings. The third-order valence-corrected chi connectivity index (χ3v) is 5.85. The minimum atomic E-state index is -0.162. The second-order valence-electron chi connectivity index (χ2n) is 6.90. The lowest BCUT2D eigenvalue weighted by Crippen LogP contribution is -2.42. The van der Waals surface area contributed by atoms with E-state index >= 15 is 0 Å². The number of hydrogen-bond donors (Lipinski definition) is 3. The molecule has 0 unspecified atom stereocenters. The van der Waals surface area contributed by atoms with Crippen molar-refractivity contribution in [2.45, 2.75) is 44.7 Å². The molecule has 0 spiro atoms. The third-order valence-electron chi connectivity index (χ3n) is 4.99. The van der Waals surface area contributed by atoms with Crippen LogP contribution in [0.15, 0.2) is 35.0 Å². The maximum absolute atomic E-state index is 12.7. The van der Waals surface area contributed by atoms with E-state index < -0.39 is 0 Å². The fourth-order valence-corrected chi connectivity index (χ4v) is 4.22. The summed E-state index contributed by atoms with van der Waals surface area (Å²) in [6.07, 6.45) is 4.47. The molecular weight excluding hydrogens is 346 g/mol. The Morgan fingerprint density at radius 1 is 1.23 bits per heavy atom. The van der Waals surface area contributed by atoms with Crippen LogP contribution in [0.1, 0.15) is 41.7 Å². The largest absolute Gasteiger partial charge is 0.364 e. The number of nitrogens with zero attached hydrogens (tertiary/aromatic N) is 2. The Balaban J connectivity index is 1.58. The summed E-state index contributed by atoms with van der Waals surface area (Å²) in [5.41, 5.74) is 9.53. The van der Waals surface area contributed by atoms with E-state index in [9.17, 15) is 4.79 Å². The number of nitrogens with one attached hydrogen (secondary N) is 2. The van der Waals surface area contributed by atoms with E-state index in [0.717, 1.165) is 35.4 Å². The zero-order valence-corrected chi connectivity index (χ0v) is 15.6. The van der Waals surface area contributed by atoms with E-state index in [1.807, 2.05) is 35.9 Å². The molecule has 1 aliphatic carbocycles. The number of rotatable bonds is 4. The number of thiophene rings is 1. The number of aromatic nitrogens is 2. The maximum atomic E-state index is 12.7. The molecule has 6 nitrogen and oxygen atoms in total. The average molecular weight is 369 g/mol. The maximum Gasteiger partial charge on any atom is 0.274 e. The molecule has 1 saturated carbocycles. The summed E-state index contributed by atoms with van der Waals surface area (Å²) in [5.74, 6) is 0.585. The molecule has 4 N–H and O–H groups in total. The Hall–Kier alpha value is -2.38. The summed E-state index contributed by atoms with van der Waals surface area (Å²) in [5, 5.41) is 15.0. The standard InChI is InChI=1S/C19H23N5OS/c1-12-10-26-11-16(12)22-19(25)17-8-6-13-7-9-18(23-24(13)17)21-15-5-3-2-4-14(15)20/h6-11,14-15H,2-5,20H2,1H3,(H,21,23)(H,22,25)/t14-,15+/m0/s1. The molecule has 3 aromatic heterocycles. The normalized spacial score (nSPS) is 20.2. The third kappa shape index (κ3) is 3.32. The van der Waals surface area contributed by atoms with Crippen molar-refractivity contribution in [2.75, 3.05) is 10.6 Å². The molecule has 1 aliphatic rings. The molecule has 2 atom stereocenters. The van der Waals surface area contributed by atoms with E-state index in [0.29, 0.717) is 5.69 Å². The van der Waals surface area contributed by atoms with Gasteiger partial charge in [-0.2, -0.15) is 0 Å². The van der Waals surface area contributed by atoms with Crippen molar-refractivity contribution in [2.24, 2.45) is 5.73 Å². The zero-order chi connectivity index (χ0) is 18.1. The first-order chi connectivity index (χ1) is 12.6. The van der Waals surface area contributed by atoms with Gasteiger partial charge in [-0.3, -0.25) is 4.79 Å². The van der Waals surface area contributed by atoms with Crippen molar-refractivity contribution in [1.29, 1.82) is 0 Å². The number of hydrogen-bond acceptors (Lipinski definition) is 5. The Morgan fingerprint density at radius 2 is 2.04 bits per heavy atom. The van der Waals surface area contributed by atoms with Crippen molar-refractivity contribution in [3.8, 4) is 0 Å². The molecule has 0 radical (unpaired) electrons. The van der Waals surface area contributed by atoms with Gasteiger partial charge in [0.1, 0.15) is 11.5 Å². The van der Waals surface area contributed by atoms with Crippen LogP contribution >= 0.6 is 11.3 Å². The highest BCUT2D eigenvalue weighted by Crippen LogP contribution is 2.22. The van der Waals surface area contributed by atoms with E-state index in [-0.39, 0.29) is 18.0 Å². The number of anilines is 2. The molecule has 0 bridgehead atoms. The van der Waals surface area contributed by atoms with Gasteiger partial charge in [0.15, 0.2) is 0 Å². The molecule has 3 heterocycles. The van der Waals surface area contributed by atoms with Gasteiger partial charge < -0.3 is 16.4 Å². The summed E-state index contributed by atoms with van der Waals surface area (Å²) in [4.78, 5) is 12.7. The first-order valence-corrected chi connectivity index (χ1v) is 9.91. The SMILES string of the molecule is Cc1cscc1NC(=O)c1ccc2ccc(N[C@@H]3CCCC[C@@H]3N)nn12. The Morgan fingerprint density at radius 3 is 2.81 bits per heavy atom. The summed E-state index contributed by atoms with van der Waals surface area (Å²) < 4.78 is 1.69. The number of carbonyl (C=O) groups is 1. The highest BCUT2D eigenvalue weighted by Gasteiger charge is 2.22. The van der Waals surface area contributed by atoms with Crippen molar-refractivity contribution in [3.05, 3.63) is 46.3 Å². The van der Waals surface area contributed by atoms with Gasteiger partial charge in [-0.05, 0) is 55.0 Å². The van der Waals surface area contributed by atoms with Crippen molar-refractivity contribution in [3.63, 3.8) is 0 Å². The lowest BCUT2D eigenvalue weighted by molar-refractivity contribution is 0.102. The number of aryl methyl sites for hydroxylation is 1. The summed E-state index contributed by atoms with van der Waals surface area (Å²) in [7, 11) is 0. The van der Waals surface area contributed by atoms with Crippen LogP contribution in [-0.2, 0) is 0 Å². The molecule has 7 heteroatoms. The van der Waals surface area contributed by atoms with Crippen molar-refractivity contribution >= 4 is 34.3 Å². The van der Waals surface area contributed by atoms with Crippen LogP contribution in [-0.4, -0.2) is 27.6 Å². The van der Waals surface area contributed by atoms with Crippen molar-refractivity contribution in [1.82, 2.24) is 9.61 Å². The van der Waals surface area contributed by atoms with E-state index in [4.69, 9.17) is 5.73 Å². The smallest absolute Gasteiger partial charge is 0.274 e. The Kier molecular flexibility index (Phi) is 4.65. The zero-order valence-electron chi connectivity index (χ0n) is 14.7. The minimum Gasteiger partial charge on any atom is -0.364 e. The van der Waals surface area contributed by atoms with Crippen molar-refractivity contribution < 1.29 is 4.79 Å². The molecule has 1 amide bonds.